The van der Waals surface area contributed by atoms with E-state index in [2.05, 4.69) is 5.32 Å². The molecule has 0 saturated carbocycles. The minimum atomic E-state index is -3.59. The van der Waals surface area contributed by atoms with Gasteiger partial charge in [-0.1, -0.05) is 60.2 Å². The molecule has 0 aromatic heterocycles. The number of ether oxygens (including phenoxy) is 1. The van der Waals surface area contributed by atoms with Crippen LogP contribution >= 0.6 is 0 Å². The first-order valence-corrected chi connectivity index (χ1v) is 16.2. The zero-order valence-corrected chi connectivity index (χ0v) is 26.1. The second-order valence-corrected chi connectivity index (χ2v) is 12.6. The maximum absolute atomic E-state index is 13.9. The number of rotatable bonds is 15. The van der Waals surface area contributed by atoms with Gasteiger partial charge in [-0.2, -0.15) is 0 Å². The smallest absolute Gasteiger partial charge is 0.243 e. The van der Waals surface area contributed by atoms with E-state index in [0.717, 1.165) is 22.9 Å². The number of nitrogens with one attached hydrogen (secondary N) is 1. The Morgan fingerprint density at radius 1 is 0.905 bits per heavy atom. The molecule has 0 aliphatic carbocycles. The van der Waals surface area contributed by atoms with Crippen molar-refractivity contribution < 1.29 is 22.7 Å². The summed E-state index contributed by atoms with van der Waals surface area (Å²) in [6.45, 7) is 8.56. The Labute approximate surface area is 250 Å². The molecule has 0 heterocycles. The van der Waals surface area contributed by atoms with Gasteiger partial charge in [-0.25, -0.2) is 8.42 Å². The van der Waals surface area contributed by atoms with E-state index in [1.54, 1.807) is 29.2 Å². The monoisotopic (exact) mass is 593 g/mol. The molecule has 0 aliphatic rings. The Kier molecular flexibility index (Phi) is 12.0. The fraction of sp³-hybridized carbons (Fsp3) is 0.394. The maximum Gasteiger partial charge on any atom is 0.243 e. The van der Waals surface area contributed by atoms with E-state index in [0.29, 0.717) is 24.5 Å². The van der Waals surface area contributed by atoms with Crippen LogP contribution < -0.4 is 14.4 Å². The average Bonchev–Trinajstić information content (AvgIpc) is 2.94. The molecule has 3 rings (SSSR count). The highest BCUT2D eigenvalue weighted by Gasteiger charge is 2.31. The van der Waals surface area contributed by atoms with Crippen LogP contribution in [0.3, 0.4) is 0 Å². The van der Waals surface area contributed by atoms with Gasteiger partial charge in [-0.3, -0.25) is 13.9 Å². The molecule has 1 atom stereocenters. The van der Waals surface area contributed by atoms with E-state index in [1.807, 2.05) is 82.3 Å². The molecule has 3 aromatic rings. The topological polar surface area (TPSA) is 96.0 Å². The summed E-state index contributed by atoms with van der Waals surface area (Å²) in [5, 5.41) is 2.99. The second kappa shape index (κ2) is 15.4. The predicted octanol–water partition coefficient (Wildman–Crippen LogP) is 5.10. The highest BCUT2D eigenvalue weighted by Crippen LogP contribution is 2.23. The van der Waals surface area contributed by atoms with Crippen LogP contribution in [-0.2, 0) is 32.6 Å². The van der Waals surface area contributed by atoms with E-state index >= 15 is 0 Å². The number of hydrogen-bond donors (Lipinski definition) is 1. The fourth-order valence-corrected chi connectivity index (χ4v) is 5.67. The number of hydrogen-bond acceptors (Lipinski definition) is 5. The van der Waals surface area contributed by atoms with Crippen LogP contribution in [0.4, 0.5) is 5.69 Å². The van der Waals surface area contributed by atoms with Gasteiger partial charge in [-0.05, 0) is 69.5 Å². The SMILES string of the molecule is CCOc1ccc(N(CCCC(=O)N(Cc2ccc(C)cc2)C(Cc2ccccc2)C(=O)NC(C)C)S(C)(=O)=O)cc1. The van der Waals surface area contributed by atoms with E-state index < -0.39 is 16.1 Å². The molecule has 0 aliphatic heterocycles. The molecule has 0 bridgehead atoms. The summed E-state index contributed by atoms with van der Waals surface area (Å²) in [7, 11) is -3.59. The minimum absolute atomic E-state index is 0.0785. The fourth-order valence-electron chi connectivity index (χ4n) is 4.70. The Hall–Kier alpha value is -3.85. The lowest BCUT2D eigenvalue weighted by Gasteiger charge is -2.32. The van der Waals surface area contributed by atoms with Crippen molar-refractivity contribution >= 4 is 27.5 Å². The molecule has 2 amide bonds. The molecule has 42 heavy (non-hydrogen) atoms. The van der Waals surface area contributed by atoms with Crippen molar-refractivity contribution in [2.75, 3.05) is 23.7 Å². The van der Waals surface area contributed by atoms with Crippen LogP contribution in [0.15, 0.2) is 78.9 Å². The van der Waals surface area contributed by atoms with Crippen LogP contribution in [-0.4, -0.2) is 56.6 Å². The number of carbonyl (C=O) groups is 2. The quantitative estimate of drug-likeness (QED) is 0.264. The molecule has 1 N–H and O–H groups in total. The second-order valence-electron chi connectivity index (χ2n) is 10.7. The van der Waals surface area contributed by atoms with Gasteiger partial charge in [-0.15, -0.1) is 0 Å². The van der Waals surface area contributed by atoms with Crippen LogP contribution in [0, 0.1) is 6.92 Å². The molecule has 9 heteroatoms. The predicted molar refractivity (Wildman–Crippen MR) is 168 cm³/mol. The van der Waals surface area contributed by atoms with Crippen LogP contribution in [0.1, 0.15) is 50.3 Å². The lowest BCUT2D eigenvalue weighted by Crippen LogP contribution is -2.51. The molecule has 0 radical (unpaired) electrons. The first-order chi connectivity index (χ1) is 20.0. The molecular weight excluding hydrogens is 550 g/mol. The Morgan fingerprint density at radius 2 is 1.55 bits per heavy atom. The zero-order valence-electron chi connectivity index (χ0n) is 25.2. The van der Waals surface area contributed by atoms with Crippen LogP contribution in [0.25, 0.3) is 0 Å². The summed E-state index contributed by atoms with van der Waals surface area (Å²) in [6.07, 6.45) is 1.88. The summed E-state index contributed by atoms with van der Waals surface area (Å²) in [5.41, 5.74) is 3.46. The first kappa shape index (κ1) is 32.7. The number of benzene rings is 3. The van der Waals surface area contributed by atoms with Gasteiger partial charge in [0.1, 0.15) is 11.8 Å². The van der Waals surface area contributed by atoms with E-state index in [4.69, 9.17) is 4.74 Å². The summed E-state index contributed by atoms with van der Waals surface area (Å²) in [5.74, 6) is 0.220. The maximum atomic E-state index is 13.9. The van der Waals surface area contributed by atoms with Crippen molar-refractivity contribution in [3.05, 3.63) is 95.6 Å². The zero-order chi connectivity index (χ0) is 30.7. The van der Waals surface area contributed by atoms with Gasteiger partial charge in [0.25, 0.3) is 0 Å². The number of anilines is 1. The summed E-state index contributed by atoms with van der Waals surface area (Å²) in [4.78, 5) is 29.0. The first-order valence-electron chi connectivity index (χ1n) is 14.4. The van der Waals surface area contributed by atoms with Crippen LogP contribution in [0.2, 0.25) is 0 Å². The number of nitrogens with zero attached hydrogens (tertiary/aromatic N) is 2. The lowest BCUT2D eigenvalue weighted by molar-refractivity contribution is -0.141. The van der Waals surface area contributed by atoms with Gasteiger partial charge in [0.05, 0.1) is 18.6 Å². The van der Waals surface area contributed by atoms with Crippen molar-refractivity contribution in [1.29, 1.82) is 0 Å². The minimum Gasteiger partial charge on any atom is -0.494 e. The van der Waals surface area contributed by atoms with Crippen molar-refractivity contribution in [1.82, 2.24) is 10.2 Å². The normalized spacial score (nSPS) is 12.0. The summed E-state index contributed by atoms with van der Waals surface area (Å²) in [6, 6.07) is 23.6. The third-order valence-corrected chi connectivity index (χ3v) is 7.96. The van der Waals surface area contributed by atoms with Gasteiger partial charge >= 0.3 is 0 Å². The standard InChI is InChI=1S/C33H43N3O5S/c1-6-41-30-20-18-29(19-21-30)36(42(5,39)40)22-10-13-32(37)35(24-28-16-14-26(4)15-17-28)31(33(38)34-25(2)3)23-27-11-8-7-9-12-27/h7-9,11-12,14-21,25,31H,6,10,13,22-24H2,1-5H3,(H,34,38). The van der Waals surface area contributed by atoms with Gasteiger partial charge in [0, 0.05) is 32.0 Å². The number of amides is 2. The number of carbonyl (C=O) groups excluding carboxylic acids is 2. The largest absolute Gasteiger partial charge is 0.494 e. The molecule has 1 unspecified atom stereocenters. The van der Waals surface area contributed by atoms with E-state index in [-0.39, 0.29) is 43.8 Å². The Bertz CT molecular complexity index is 1390. The van der Waals surface area contributed by atoms with Crippen molar-refractivity contribution in [3.8, 4) is 5.75 Å². The Balaban J connectivity index is 1.85. The third kappa shape index (κ3) is 9.91. The highest BCUT2D eigenvalue weighted by atomic mass is 32.2. The summed E-state index contributed by atoms with van der Waals surface area (Å²) < 4.78 is 32.1. The number of sulfonamides is 1. The van der Waals surface area contributed by atoms with Gasteiger partial charge in [0.2, 0.25) is 21.8 Å². The molecule has 226 valence electrons. The van der Waals surface area contributed by atoms with Crippen molar-refractivity contribution in [2.45, 2.75) is 65.6 Å². The Morgan fingerprint density at radius 3 is 2.12 bits per heavy atom. The average molecular weight is 594 g/mol. The molecule has 0 spiro atoms. The summed E-state index contributed by atoms with van der Waals surface area (Å²) >= 11 is 0. The highest BCUT2D eigenvalue weighted by molar-refractivity contribution is 7.92. The van der Waals surface area contributed by atoms with Crippen molar-refractivity contribution in [3.63, 3.8) is 0 Å². The molecule has 0 fully saturated rings. The number of aryl methyl sites for hydroxylation is 1. The third-order valence-electron chi connectivity index (χ3n) is 6.76. The molecule has 8 nitrogen and oxygen atoms in total. The molecule has 0 saturated heterocycles. The van der Waals surface area contributed by atoms with Gasteiger partial charge < -0.3 is 15.0 Å². The molecule has 3 aromatic carbocycles. The molecular formula is C33H43N3O5S. The van der Waals surface area contributed by atoms with Crippen LogP contribution in [0.5, 0.6) is 5.75 Å². The lowest BCUT2D eigenvalue weighted by atomic mass is 10.0. The van der Waals surface area contributed by atoms with E-state index in [9.17, 15) is 18.0 Å². The van der Waals surface area contributed by atoms with Crippen molar-refractivity contribution in [2.24, 2.45) is 0 Å². The van der Waals surface area contributed by atoms with E-state index in [1.165, 1.54) is 4.31 Å². The van der Waals surface area contributed by atoms with Gasteiger partial charge in [0.15, 0.2) is 0 Å².